The Morgan fingerprint density at radius 2 is 1.74 bits per heavy atom. The van der Waals surface area contributed by atoms with Crippen molar-refractivity contribution >= 4 is 40.0 Å². The molecule has 1 N–H and O–H groups in total. The first-order valence-electron chi connectivity index (χ1n) is 23.3. The second-order valence-corrected chi connectivity index (χ2v) is 18.5. The molecule has 6 aromatic rings. The summed E-state index contributed by atoms with van der Waals surface area (Å²) in [5.74, 6) is 1.81. The molecule has 0 unspecified atom stereocenters. The van der Waals surface area contributed by atoms with Gasteiger partial charge in [0.25, 0.3) is 5.91 Å². The molecule has 1 saturated carbocycles. The van der Waals surface area contributed by atoms with Crippen LogP contribution in [0, 0.1) is 17.2 Å². The number of benzene rings is 2. The third-order valence-corrected chi connectivity index (χ3v) is 14.2. The van der Waals surface area contributed by atoms with Gasteiger partial charge in [0.2, 0.25) is 5.91 Å². The molecule has 2 amide bonds. The van der Waals surface area contributed by atoms with Crippen molar-refractivity contribution in [3.8, 4) is 34.3 Å². The standard InChI is InChI=1S/C51H53ClN10O4/c1-32(63)61-22-17-48-44(31-61)50(59-62(48)39-18-23-65-24-19-39)42-4-2-3-34-26-47(55-30-43(34)42)36-5-7-38(54-29-36)25-33-15-20-60(21-16-33)49-14-13-46(57-58-49)51(64)56-37-8-11-40(12-9-37)66-41-10-6-35(28-53)45(52)27-41/h2-7,10,13-14,26-27,29-30,33,37,39-40H,8-9,11-12,15-25,31H2,1H3,(H,56,64). The number of anilines is 1. The van der Waals surface area contributed by atoms with Gasteiger partial charge in [0, 0.05) is 111 Å². The Balaban J connectivity index is 0.722. The van der Waals surface area contributed by atoms with Gasteiger partial charge in [-0.05, 0) is 112 Å². The molecular formula is C51H53ClN10O4. The van der Waals surface area contributed by atoms with Gasteiger partial charge in [-0.15, -0.1) is 10.2 Å². The van der Waals surface area contributed by atoms with Crippen LogP contribution in [0.2, 0.25) is 5.02 Å². The molecule has 338 valence electrons. The highest BCUT2D eigenvalue weighted by atomic mass is 35.5. The number of piperidine rings is 1. The van der Waals surface area contributed by atoms with Crippen molar-refractivity contribution < 1.29 is 19.1 Å². The van der Waals surface area contributed by atoms with Crippen molar-refractivity contribution in [3.63, 3.8) is 0 Å². The average Bonchev–Trinajstić information content (AvgIpc) is 3.74. The zero-order valence-electron chi connectivity index (χ0n) is 37.2. The normalized spacial score (nSPS) is 19.3. The van der Waals surface area contributed by atoms with E-state index in [2.05, 4.69) is 67.6 Å². The Kier molecular flexibility index (Phi) is 12.6. The summed E-state index contributed by atoms with van der Waals surface area (Å²) in [5.41, 5.74) is 8.00. The molecule has 3 fully saturated rings. The molecule has 7 heterocycles. The van der Waals surface area contributed by atoms with E-state index in [0.717, 1.165) is 141 Å². The molecule has 15 heteroatoms. The maximum atomic E-state index is 13.1. The van der Waals surface area contributed by atoms with Gasteiger partial charge in [0.15, 0.2) is 11.5 Å². The second kappa shape index (κ2) is 19.2. The summed E-state index contributed by atoms with van der Waals surface area (Å²) < 4.78 is 14.0. The van der Waals surface area contributed by atoms with E-state index in [-0.39, 0.29) is 24.0 Å². The summed E-state index contributed by atoms with van der Waals surface area (Å²) in [6.07, 6.45) is 12.7. The number of pyridine rings is 2. The molecule has 0 radical (unpaired) electrons. The molecule has 1 aliphatic carbocycles. The van der Waals surface area contributed by atoms with Crippen LogP contribution >= 0.6 is 11.6 Å². The first-order valence-corrected chi connectivity index (χ1v) is 23.7. The third-order valence-electron chi connectivity index (χ3n) is 13.9. The van der Waals surface area contributed by atoms with E-state index in [1.54, 1.807) is 31.2 Å². The highest BCUT2D eigenvalue weighted by Crippen LogP contribution is 2.38. The van der Waals surface area contributed by atoms with Crippen molar-refractivity contribution in [2.45, 2.75) is 95.9 Å². The molecule has 14 nitrogen and oxygen atoms in total. The largest absolute Gasteiger partial charge is 0.490 e. The van der Waals surface area contributed by atoms with Crippen LogP contribution in [-0.4, -0.2) is 91.7 Å². The highest BCUT2D eigenvalue weighted by molar-refractivity contribution is 6.31. The molecular weight excluding hydrogens is 852 g/mol. The molecule has 0 atom stereocenters. The minimum absolute atomic E-state index is 0.0262. The van der Waals surface area contributed by atoms with Gasteiger partial charge >= 0.3 is 0 Å². The third kappa shape index (κ3) is 9.32. The van der Waals surface area contributed by atoms with Crippen LogP contribution in [0.3, 0.4) is 0 Å². The topological polar surface area (TPSA) is 164 Å². The van der Waals surface area contributed by atoms with Gasteiger partial charge in [-0.2, -0.15) is 10.4 Å². The number of nitrogens with one attached hydrogen (secondary N) is 1. The number of rotatable bonds is 10. The zero-order chi connectivity index (χ0) is 45.1. The number of carbonyl (C=O) groups is 2. The van der Waals surface area contributed by atoms with Crippen molar-refractivity contribution in [3.05, 3.63) is 112 Å². The molecule has 0 spiro atoms. The van der Waals surface area contributed by atoms with Gasteiger partial charge in [0.1, 0.15) is 11.8 Å². The summed E-state index contributed by atoms with van der Waals surface area (Å²) in [6.45, 7) is 6.12. The van der Waals surface area contributed by atoms with Crippen LogP contribution in [0.25, 0.3) is 33.3 Å². The minimum atomic E-state index is -0.215. The molecule has 0 bridgehead atoms. The number of hydrogen-bond acceptors (Lipinski definition) is 11. The van der Waals surface area contributed by atoms with E-state index < -0.39 is 0 Å². The van der Waals surface area contributed by atoms with E-state index in [4.69, 9.17) is 41.4 Å². The first kappa shape index (κ1) is 43.5. The highest BCUT2D eigenvalue weighted by Gasteiger charge is 2.31. The van der Waals surface area contributed by atoms with E-state index in [9.17, 15) is 9.59 Å². The number of amides is 2. The van der Waals surface area contributed by atoms with Crippen LogP contribution in [0.15, 0.2) is 79.1 Å². The summed E-state index contributed by atoms with van der Waals surface area (Å²) in [4.78, 5) is 39.6. The zero-order valence-corrected chi connectivity index (χ0v) is 37.9. The van der Waals surface area contributed by atoms with Crippen molar-refractivity contribution in [1.29, 1.82) is 5.26 Å². The van der Waals surface area contributed by atoms with Gasteiger partial charge in [-0.25, -0.2) is 0 Å². The lowest BCUT2D eigenvalue weighted by molar-refractivity contribution is -0.129. The van der Waals surface area contributed by atoms with Gasteiger partial charge in [-0.3, -0.25) is 24.2 Å². The Hall–Kier alpha value is -6.43. The number of aromatic nitrogens is 6. The fraction of sp³-hybridized carbons (Fsp3) is 0.412. The van der Waals surface area contributed by atoms with Gasteiger partial charge in [0.05, 0.1) is 34.1 Å². The molecule has 66 heavy (non-hydrogen) atoms. The van der Waals surface area contributed by atoms with Crippen LogP contribution in [0.1, 0.15) is 97.3 Å². The monoisotopic (exact) mass is 904 g/mol. The predicted octanol–water partition coefficient (Wildman–Crippen LogP) is 8.31. The summed E-state index contributed by atoms with van der Waals surface area (Å²) in [7, 11) is 0. The van der Waals surface area contributed by atoms with Crippen LogP contribution < -0.4 is 15.0 Å². The SMILES string of the molecule is CC(=O)N1CCc2c(c(-c3cccc4cc(-c5ccc(CC6CCN(c7ccc(C(=O)NC8CCC(Oc9ccc(C#N)c(Cl)c9)CC8)nn7)CC6)nc5)ncc34)nn2C2CCOCC2)C1. The number of halogens is 1. The first-order chi connectivity index (χ1) is 32.3. The predicted molar refractivity (Wildman–Crippen MR) is 251 cm³/mol. The second-order valence-electron chi connectivity index (χ2n) is 18.1. The Morgan fingerprint density at radius 1 is 0.909 bits per heavy atom. The maximum Gasteiger partial charge on any atom is 0.272 e. The maximum absolute atomic E-state index is 13.1. The van der Waals surface area contributed by atoms with E-state index in [1.165, 1.54) is 5.69 Å². The number of ether oxygens (including phenoxy) is 2. The van der Waals surface area contributed by atoms with Crippen LogP contribution in [0.4, 0.5) is 5.82 Å². The van der Waals surface area contributed by atoms with E-state index >= 15 is 0 Å². The van der Waals surface area contributed by atoms with E-state index in [1.807, 2.05) is 23.4 Å². The Labute approximate surface area is 389 Å². The van der Waals surface area contributed by atoms with Crippen molar-refractivity contribution in [2.24, 2.45) is 5.92 Å². The molecule has 3 aliphatic heterocycles. The Bertz CT molecular complexity index is 2770. The lowest BCUT2D eigenvalue weighted by Crippen LogP contribution is -2.40. The smallest absolute Gasteiger partial charge is 0.272 e. The van der Waals surface area contributed by atoms with Crippen LogP contribution in [0.5, 0.6) is 5.75 Å². The number of fused-ring (bicyclic) bond motifs is 2. The molecule has 2 aromatic carbocycles. The van der Waals surface area contributed by atoms with E-state index in [0.29, 0.717) is 47.1 Å². The Morgan fingerprint density at radius 3 is 2.47 bits per heavy atom. The molecule has 4 aromatic heterocycles. The molecule has 2 saturated heterocycles. The van der Waals surface area contributed by atoms with Crippen molar-refractivity contribution in [2.75, 3.05) is 37.7 Å². The number of nitrogens with zero attached hydrogens (tertiary/aromatic N) is 9. The minimum Gasteiger partial charge on any atom is -0.490 e. The summed E-state index contributed by atoms with van der Waals surface area (Å²) >= 11 is 6.17. The van der Waals surface area contributed by atoms with Gasteiger partial charge in [-0.1, -0.05) is 29.8 Å². The number of hydrogen-bond donors (Lipinski definition) is 1. The fourth-order valence-electron chi connectivity index (χ4n) is 10.1. The summed E-state index contributed by atoms with van der Waals surface area (Å²) in [5, 5.41) is 28.8. The van der Waals surface area contributed by atoms with Gasteiger partial charge < -0.3 is 24.6 Å². The fourth-order valence-corrected chi connectivity index (χ4v) is 10.3. The quantitative estimate of drug-likeness (QED) is 0.141. The lowest BCUT2D eigenvalue weighted by Gasteiger charge is -2.32. The molecule has 4 aliphatic rings. The van der Waals surface area contributed by atoms with Crippen LogP contribution in [-0.2, 0) is 28.9 Å². The number of nitriles is 1. The summed E-state index contributed by atoms with van der Waals surface area (Å²) in [6, 6.07) is 23.9. The van der Waals surface area contributed by atoms with Crippen molar-refractivity contribution in [1.82, 2.24) is 40.2 Å². The lowest BCUT2D eigenvalue weighted by atomic mass is 9.92. The average molecular weight is 906 g/mol. The molecule has 10 rings (SSSR count). The number of carbonyl (C=O) groups excluding carboxylic acids is 2.